The standard InChI is InChI=1S/C31H35N3O6S2/c1-22-11-13-24(14-12-22)27-28(34-42(37,38)26-17-15-25(16-18-26)31(2,3)4)32-30(41(5,35)36)33-29(27)40-20-19-39-21-23-9-7-6-8-10-23/h6-18H,19-21H2,1-5H3,(H,32,33,34). The summed E-state index contributed by atoms with van der Waals surface area (Å²) in [5.41, 5.74) is 3.52. The van der Waals surface area contributed by atoms with Gasteiger partial charge in [0.2, 0.25) is 15.7 Å². The molecule has 0 aliphatic carbocycles. The van der Waals surface area contributed by atoms with Crippen LogP contribution < -0.4 is 9.46 Å². The van der Waals surface area contributed by atoms with Gasteiger partial charge in [-0.1, -0.05) is 93.1 Å². The molecule has 0 saturated heterocycles. The van der Waals surface area contributed by atoms with Crippen molar-refractivity contribution in [2.75, 3.05) is 24.2 Å². The Morgan fingerprint density at radius 3 is 2.05 bits per heavy atom. The number of hydrogen-bond acceptors (Lipinski definition) is 8. The molecule has 1 N–H and O–H groups in total. The van der Waals surface area contributed by atoms with Gasteiger partial charge in [0.15, 0.2) is 5.82 Å². The van der Waals surface area contributed by atoms with Crippen molar-refractivity contribution in [1.29, 1.82) is 0 Å². The van der Waals surface area contributed by atoms with Crippen LogP contribution in [0.2, 0.25) is 0 Å². The molecule has 0 saturated carbocycles. The van der Waals surface area contributed by atoms with Gasteiger partial charge in [0, 0.05) is 6.26 Å². The normalized spacial score (nSPS) is 12.2. The van der Waals surface area contributed by atoms with Crippen LogP contribution in [-0.4, -0.2) is 46.3 Å². The lowest BCUT2D eigenvalue weighted by atomic mass is 9.87. The first-order valence-electron chi connectivity index (χ1n) is 13.3. The number of nitrogens with one attached hydrogen (secondary N) is 1. The van der Waals surface area contributed by atoms with E-state index >= 15 is 0 Å². The van der Waals surface area contributed by atoms with E-state index in [2.05, 4.69) is 14.7 Å². The number of rotatable bonds is 11. The molecule has 4 rings (SSSR count). The first-order valence-corrected chi connectivity index (χ1v) is 16.7. The summed E-state index contributed by atoms with van der Waals surface area (Å²) >= 11 is 0. The summed E-state index contributed by atoms with van der Waals surface area (Å²) in [5, 5.41) is -0.570. The Balaban J connectivity index is 1.71. The van der Waals surface area contributed by atoms with Crippen LogP contribution in [0.25, 0.3) is 11.1 Å². The number of aromatic nitrogens is 2. The van der Waals surface area contributed by atoms with Crippen LogP contribution in [0.3, 0.4) is 0 Å². The smallest absolute Gasteiger partial charge is 0.263 e. The summed E-state index contributed by atoms with van der Waals surface area (Å²) in [4.78, 5) is 8.34. The molecule has 0 amide bonds. The first kappa shape index (κ1) is 31.1. The van der Waals surface area contributed by atoms with Crippen LogP contribution in [0.1, 0.15) is 37.5 Å². The van der Waals surface area contributed by atoms with Crippen LogP contribution in [0.5, 0.6) is 5.88 Å². The number of hydrogen-bond donors (Lipinski definition) is 1. The zero-order chi connectivity index (χ0) is 30.5. The molecule has 0 atom stereocenters. The van der Waals surface area contributed by atoms with Crippen molar-refractivity contribution in [2.45, 2.75) is 49.8 Å². The largest absolute Gasteiger partial charge is 0.475 e. The molecule has 0 unspecified atom stereocenters. The Kier molecular flexibility index (Phi) is 9.34. The number of sulfone groups is 1. The molecule has 0 bridgehead atoms. The Morgan fingerprint density at radius 1 is 0.810 bits per heavy atom. The number of ether oxygens (including phenoxy) is 2. The number of anilines is 1. The third kappa shape index (κ3) is 7.93. The predicted molar refractivity (Wildman–Crippen MR) is 163 cm³/mol. The quantitative estimate of drug-likeness (QED) is 0.173. The summed E-state index contributed by atoms with van der Waals surface area (Å²) in [6.45, 7) is 8.60. The highest BCUT2D eigenvalue weighted by molar-refractivity contribution is 7.92. The SMILES string of the molecule is Cc1ccc(-c2c(NS(=O)(=O)c3ccc(C(C)(C)C)cc3)nc(S(C)(=O)=O)nc2OCCOCc2ccccc2)cc1. The average molecular weight is 610 g/mol. The number of benzene rings is 3. The van der Waals surface area contributed by atoms with E-state index in [9.17, 15) is 16.8 Å². The maximum atomic E-state index is 13.5. The number of nitrogens with zero attached hydrogens (tertiary/aromatic N) is 2. The fraction of sp³-hybridized carbons (Fsp3) is 0.290. The summed E-state index contributed by atoms with van der Waals surface area (Å²) in [7, 11) is -8.10. The summed E-state index contributed by atoms with van der Waals surface area (Å²) in [5.74, 6) is -0.298. The van der Waals surface area contributed by atoms with E-state index in [1.807, 2.05) is 70.2 Å². The molecule has 0 aliphatic heterocycles. The minimum atomic E-state index is -4.17. The number of sulfonamides is 1. The maximum absolute atomic E-state index is 13.5. The maximum Gasteiger partial charge on any atom is 0.263 e. The second kappa shape index (κ2) is 12.6. The van der Waals surface area contributed by atoms with E-state index < -0.39 is 25.0 Å². The minimum Gasteiger partial charge on any atom is -0.475 e. The fourth-order valence-electron chi connectivity index (χ4n) is 4.03. The van der Waals surface area contributed by atoms with E-state index in [0.717, 1.165) is 22.9 Å². The Morgan fingerprint density at radius 2 is 1.45 bits per heavy atom. The topological polar surface area (TPSA) is 125 Å². The monoisotopic (exact) mass is 609 g/mol. The summed E-state index contributed by atoms with van der Waals surface area (Å²) in [6.07, 6.45) is 0.949. The van der Waals surface area contributed by atoms with Crippen LogP contribution >= 0.6 is 0 Å². The summed E-state index contributed by atoms with van der Waals surface area (Å²) < 4.78 is 66.3. The van der Waals surface area contributed by atoms with Crippen molar-refractivity contribution in [3.63, 3.8) is 0 Å². The Labute approximate surface area is 247 Å². The molecular formula is C31H35N3O6S2. The van der Waals surface area contributed by atoms with Crippen LogP contribution in [0, 0.1) is 6.92 Å². The molecule has 222 valence electrons. The van der Waals surface area contributed by atoms with Crippen LogP contribution in [0.15, 0.2) is 88.9 Å². The van der Waals surface area contributed by atoms with Gasteiger partial charge in [-0.15, -0.1) is 0 Å². The van der Waals surface area contributed by atoms with Crippen molar-refractivity contribution >= 4 is 25.7 Å². The van der Waals surface area contributed by atoms with Gasteiger partial charge in [-0.25, -0.2) is 16.8 Å². The first-order chi connectivity index (χ1) is 19.7. The van der Waals surface area contributed by atoms with E-state index in [-0.39, 0.29) is 40.8 Å². The van der Waals surface area contributed by atoms with E-state index in [1.54, 1.807) is 24.3 Å². The van der Waals surface area contributed by atoms with Crippen molar-refractivity contribution in [3.8, 4) is 17.0 Å². The average Bonchev–Trinajstić information content (AvgIpc) is 2.93. The van der Waals surface area contributed by atoms with E-state index in [0.29, 0.717) is 12.2 Å². The molecule has 0 aliphatic rings. The third-order valence-corrected chi connectivity index (χ3v) is 8.57. The zero-order valence-electron chi connectivity index (χ0n) is 24.3. The third-order valence-electron chi connectivity index (χ3n) is 6.37. The molecular weight excluding hydrogens is 574 g/mol. The van der Waals surface area contributed by atoms with Gasteiger partial charge < -0.3 is 9.47 Å². The van der Waals surface area contributed by atoms with Gasteiger partial charge in [0.05, 0.1) is 23.7 Å². The highest BCUT2D eigenvalue weighted by Gasteiger charge is 2.26. The van der Waals surface area contributed by atoms with E-state index in [1.165, 1.54) is 12.1 Å². The lowest BCUT2D eigenvalue weighted by Crippen LogP contribution is -2.19. The highest BCUT2D eigenvalue weighted by atomic mass is 32.2. The van der Waals surface area contributed by atoms with Crippen molar-refractivity contribution in [2.24, 2.45) is 0 Å². The van der Waals surface area contributed by atoms with Crippen LogP contribution in [-0.2, 0) is 36.6 Å². The van der Waals surface area contributed by atoms with Gasteiger partial charge in [-0.05, 0) is 41.2 Å². The molecule has 1 aromatic heterocycles. The molecule has 9 nitrogen and oxygen atoms in total. The van der Waals surface area contributed by atoms with E-state index in [4.69, 9.17) is 9.47 Å². The van der Waals surface area contributed by atoms with Crippen LogP contribution in [0.4, 0.5) is 5.82 Å². The Bertz CT molecular complexity index is 1730. The lowest BCUT2D eigenvalue weighted by Gasteiger charge is -2.20. The van der Waals surface area contributed by atoms with Gasteiger partial charge in [-0.3, -0.25) is 4.72 Å². The second-order valence-corrected chi connectivity index (χ2v) is 14.5. The second-order valence-electron chi connectivity index (χ2n) is 10.9. The highest BCUT2D eigenvalue weighted by Crippen LogP contribution is 2.37. The van der Waals surface area contributed by atoms with Gasteiger partial charge in [0.25, 0.3) is 15.2 Å². The summed E-state index contributed by atoms with van der Waals surface area (Å²) in [6, 6.07) is 23.4. The molecule has 1 heterocycles. The molecule has 42 heavy (non-hydrogen) atoms. The van der Waals surface area contributed by atoms with Crippen molar-refractivity contribution < 1.29 is 26.3 Å². The predicted octanol–water partition coefficient (Wildman–Crippen LogP) is 5.55. The zero-order valence-corrected chi connectivity index (χ0v) is 25.9. The molecule has 0 radical (unpaired) electrons. The Hall–Kier alpha value is -3.80. The molecule has 0 fully saturated rings. The molecule has 11 heteroatoms. The van der Waals surface area contributed by atoms with Gasteiger partial charge in [0.1, 0.15) is 6.61 Å². The molecule has 4 aromatic rings. The molecule has 3 aromatic carbocycles. The lowest BCUT2D eigenvalue weighted by molar-refractivity contribution is 0.0874. The fourth-order valence-corrected chi connectivity index (χ4v) is 5.55. The van der Waals surface area contributed by atoms with Crippen molar-refractivity contribution in [3.05, 3.63) is 95.6 Å². The van der Waals surface area contributed by atoms with Gasteiger partial charge in [-0.2, -0.15) is 9.97 Å². The number of aryl methyl sites for hydroxylation is 1. The van der Waals surface area contributed by atoms with Gasteiger partial charge >= 0.3 is 0 Å². The molecule has 0 spiro atoms. The minimum absolute atomic E-state index is 0.00153. The van der Waals surface area contributed by atoms with Crippen molar-refractivity contribution in [1.82, 2.24) is 9.97 Å².